The summed E-state index contributed by atoms with van der Waals surface area (Å²) in [7, 11) is 0. The third-order valence-electron chi connectivity index (χ3n) is 8.84. The van der Waals surface area contributed by atoms with Crippen molar-refractivity contribution in [2.45, 2.75) is 44.7 Å². The average molecular weight is 673 g/mol. The van der Waals surface area contributed by atoms with E-state index in [9.17, 15) is 4.79 Å². The largest absolute Gasteiger partial charge is 0.489 e. The van der Waals surface area contributed by atoms with Gasteiger partial charge in [0.25, 0.3) is 0 Å². The highest BCUT2D eigenvalue weighted by Crippen LogP contribution is 2.37. The zero-order valence-corrected chi connectivity index (χ0v) is 27.6. The maximum absolute atomic E-state index is 12.8. The van der Waals surface area contributed by atoms with Gasteiger partial charge >= 0.3 is 5.69 Å². The lowest BCUT2D eigenvalue weighted by Crippen LogP contribution is -2.46. The van der Waals surface area contributed by atoms with Crippen molar-refractivity contribution in [1.29, 1.82) is 0 Å². The minimum absolute atomic E-state index is 0.0617. The molecule has 5 aromatic rings. The number of rotatable bonds is 11. The topological polar surface area (TPSA) is 130 Å². The highest BCUT2D eigenvalue weighted by molar-refractivity contribution is 6.30. The maximum Gasteiger partial charge on any atom is 0.350 e. The molecule has 5 heterocycles. The van der Waals surface area contributed by atoms with Gasteiger partial charge in [0.1, 0.15) is 43.5 Å². The number of pyridine rings is 1. The summed E-state index contributed by atoms with van der Waals surface area (Å²) in [5, 5.41) is 16.3. The number of piperazine rings is 1. The summed E-state index contributed by atoms with van der Waals surface area (Å²) in [4.78, 5) is 22.1. The van der Waals surface area contributed by atoms with Crippen LogP contribution in [0.25, 0.3) is 5.69 Å². The summed E-state index contributed by atoms with van der Waals surface area (Å²) in [5.41, 5.74) is 2.58. The van der Waals surface area contributed by atoms with Crippen LogP contribution in [0.1, 0.15) is 31.9 Å². The fraction of sp³-hybridized carbons (Fsp3) is 0.394. The van der Waals surface area contributed by atoms with Gasteiger partial charge in [0.2, 0.25) is 5.79 Å². The van der Waals surface area contributed by atoms with E-state index < -0.39 is 5.79 Å². The molecule has 0 spiro atoms. The normalized spacial score (nSPS) is 20.3. The highest BCUT2D eigenvalue weighted by Gasteiger charge is 2.44. The Morgan fingerprint density at radius 3 is 2.52 bits per heavy atom. The summed E-state index contributed by atoms with van der Waals surface area (Å²) in [5.74, 6) is 0.449. The summed E-state index contributed by atoms with van der Waals surface area (Å²) in [6.45, 7) is 8.27. The predicted molar refractivity (Wildman–Crippen MR) is 179 cm³/mol. The van der Waals surface area contributed by atoms with Crippen molar-refractivity contribution in [1.82, 2.24) is 39.5 Å². The molecule has 2 aliphatic heterocycles. The second-order valence-corrected chi connectivity index (χ2v) is 12.4. The van der Waals surface area contributed by atoms with Gasteiger partial charge in [-0.15, -0.1) is 5.10 Å². The van der Waals surface area contributed by atoms with Gasteiger partial charge in [0.15, 0.2) is 0 Å². The van der Waals surface area contributed by atoms with Crippen molar-refractivity contribution < 1.29 is 14.2 Å². The van der Waals surface area contributed by atoms with E-state index in [4.69, 9.17) is 25.8 Å². The van der Waals surface area contributed by atoms with Gasteiger partial charge in [0.05, 0.1) is 24.5 Å². The Morgan fingerprint density at radius 2 is 1.81 bits per heavy atom. The molecule has 0 radical (unpaired) electrons. The average Bonchev–Trinajstić information content (AvgIpc) is 3.89. The second-order valence-electron chi connectivity index (χ2n) is 12.0. The van der Waals surface area contributed by atoms with E-state index in [2.05, 4.69) is 47.5 Å². The van der Waals surface area contributed by atoms with E-state index in [0.29, 0.717) is 17.4 Å². The minimum Gasteiger partial charge on any atom is -0.489 e. The number of halogens is 1. The third kappa shape index (κ3) is 6.64. The molecule has 2 aliphatic rings. The third-order valence-corrected chi connectivity index (χ3v) is 9.08. The minimum atomic E-state index is -1.10. The first-order valence-corrected chi connectivity index (χ1v) is 16.4. The molecule has 3 aromatic heterocycles. The van der Waals surface area contributed by atoms with E-state index in [1.807, 2.05) is 56.3 Å². The van der Waals surface area contributed by atoms with Gasteiger partial charge in [-0.3, -0.25) is 0 Å². The first kappa shape index (κ1) is 31.8. The number of hydrogen-bond donors (Lipinski definition) is 0. The van der Waals surface area contributed by atoms with Crippen LogP contribution in [-0.4, -0.2) is 85.0 Å². The SMILES string of the molecule is CC[C@@H](C)n1ncn(-c2ccc(N3CCN(c4ccc(OC[C@@H]5CO[C@@](Cn6cnnn6)(c6cccc(Cl)c6)O5)cn4)CC3)cc2)c1=O. The van der Waals surface area contributed by atoms with Gasteiger partial charge in [-0.1, -0.05) is 30.7 Å². The van der Waals surface area contributed by atoms with Crippen LogP contribution in [0.4, 0.5) is 11.5 Å². The lowest BCUT2D eigenvalue weighted by atomic mass is 10.1. The Bertz CT molecular complexity index is 1860. The smallest absolute Gasteiger partial charge is 0.350 e. The van der Waals surface area contributed by atoms with Crippen molar-refractivity contribution in [3.8, 4) is 11.4 Å². The number of nitrogens with zero attached hydrogens (tertiary/aromatic N) is 10. The molecule has 0 N–H and O–H groups in total. The van der Waals surface area contributed by atoms with Crippen molar-refractivity contribution >= 4 is 23.1 Å². The summed E-state index contributed by atoms with van der Waals surface area (Å²) in [6.07, 6.45) is 5.37. The Morgan fingerprint density at radius 1 is 1.02 bits per heavy atom. The first-order valence-electron chi connectivity index (χ1n) is 16.0. The first-order chi connectivity index (χ1) is 23.4. The summed E-state index contributed by atoms with van der Waals surface area (Å²) in [6, 6.07) is 19.4. The number of anilines is 2. The lowest BCUT2D eigenvalue weighted by molar-refractivity contribution is -0.191. The predicted octanol–water partition coefficient (Wildman–Crippen LogP) is 3.71. The van der Waals surface area contributed by atoms with Crippen LogP contribution in [0, 0.1) is 0 Å². The Labute approximate surface area is 282 Å². The van der Waals surface area contributed by atoms with Gasteiger partial charge in [0, 0.05) is 42.5 Å². The van der Waals surface area contributed by atoms with Crippen molar-refractivity contribution in [3.05, 3.63) is 101 Å². The molecule has 15 heteroatoms. The van der Waals surface area contributed by atoms with Crippen LogP contribution >= 0.6 is 11.6 Å². The van der Waals surface area contributed by atoms with E-state index in [0.717, 1.165) is 55.4 Å². The molecule has 0 bridgehead atoms. The standard InChI is InChI=1S/C33H37ClN10O4/c1-3-24(2)44-32(45)43(23-37-44)28-9-7-27(8-10-28)40-13-15-41(16-14-40)31-12-11-29(18-35-31)46-19-30-20-47-33(48-30,21-42-22-36-38-39-42)25-5-4-6-26(34)17-25/h4-12,17-18,22-24,30H,3,13-16,19-21H2,1-2H3/t24-,30-,33-/m1/s1. The number of hydrogen-bond acceptors (Lipinski definition) is 11. The Hall–Kier alpha value is -4.79. The monoisotopic (exact) mass is 672 g/mol. The number of tetrazole rings is 1. The number of ether oxygens (including phenoxy) is 3. The molecule has 14 nitrogen and oxygen atoms in total. The van der Waals surface area contributed by atoms with Gasteiger partial charge in [-0.2, -0.15) is 5.10 Å². The number of aromatic nitrogens is 8. The zero-order valence-electron chi connectivity index (χ0n) is 26.8. The summed E-state index contributed by atoms with van der Waals surface area (Å²) < 4.78 is 23.4. The van der Waals surface area contributed by atoms with E-state index >= 15 is 0 Å². The van der Waals surface area contributed by atoms with Gasteiger partial charge in [-0.05, 0) is 72.3 Å². The Kier molecular flexibility index (Phi) is 9.11. The van der Waals surface area contributed by atoms with Crippen LogP contribution in [0.3, 0.4) is 0 Å². The molecule has 3 atom stereocenters. The molecule has 2 fully saturated rings. The van der Waals surface area contributed by atoms with E-state index in [1.165, 1.54) is 11.0 Å². The zero-order chi connectivity index (χ0) is 33.1. The molecule has 0 unspecified atom stereocenters. The fourth-order valence-electron chi connectivity index (χ4n) is 5.98. The molecule has 250 valence electrons. The van der Waals surface area contributed by atoms with Crippen molar-refractivity contribution in [2.75, 3.05) is 49.2 Å². The molecule has 0 amide bonds. The highest BCUT2D eigenvalue weighted by atomic mass is 35.5. The van der Waals surface area contributed by atoms with Crippen LogP contribution < -0.4 is 20.2 Å². The molecule has 0 saturated carbocycles. The van der Waals surface area contributed by atoms with E-state index in [-0.39, 0.29) is 31.0 Å². The van der Waals surface area contributed by atoms with Crippen LogP contribution in [0.2, 0.25) is 5.02 Å². The molecule has 0 aliphatic carbocycles. The number of benzene rings is 2. The van der Waals surface area contributed by atoms with Crippen molar-refractivity contribution in [2.24, 2.45) is 0 Å². The molecule has 2 saturated heterocycles. The second kappa shape index (κ2) is 13.7. The van der Waals surface area contributed by atoms with Crippen LogP contribution in [0.5, 0.6) is 5.75 Å². The molecular weight excluding hydrogens is 636 g/mol. The fourth-order valence-corrected chi connectivity index (χ4v) is 6.17. The summed E-state index contributed by atoms with van der Waals surface area (Å²) >= 11 is 6.28. The maximum atomic E-state index is 12.8. The quantitative estimate of drug-likeness (QED) is 0.204. The van der Waals surface area contributed by atoms with E-state index in [1.54, 1.807) is 27.8 Å². The molecule has 7 rings (SSSR count). The van der Waals surface area contributed by atoms with Crippen LogP contribution in [-0.2, 0) is 21.8 Å². The molecule has 48 heavy (non-hydrogen) atoms. The van der Waals surface area contributed by atoms with Crippen LogP contribution in [0.15, 0.2) is 84.3 Å². The van der Waals surface area contributed by atoms with Gasteiger partial charge in [-0.25, -0.2) is 23.7 Å². The lowest BCUT2D eigenvalue weighted by Gasteiger charge is -2.36. The van der Waals surface area contributed by atoms with Gasteiger partial charge < -0.3 is 24.0 Å². The van der Waals surface area contributed by atoms with Crippen molar-refractivity contribution in [3.63, 3.8) is 0 Å². The Balaban J connectivity index is 0.919. The molecular formula is C33H37ClN10O4. The molecule has 2 aromatic carbocycles.